The van der Waals surface area contributed by atoms with Crippen molar-refractivity contribution in [1.82, 2.24) is 4.90 Å². The summed E-state index contributed by atoms with van der Waals surface area (Å²) in [6, 6.07) is 8.24. The quantitative estimate of drug-likeness (QED) is 0.522. The number of likely N-dealkylation sites (tertiary alicyclic amines) is 1. The van der Waals surface area contributed by atoms with E-state index in [-0.39, 0.29) is 0 Å². The maximum atomic E-state index is 11.4. The number of nitrogens with one attached hydrogen (secondary N) is 2. The van der Waals surface area contributed by atoms with Crippen LogP contribution in [0.1, 0.15) is 24.8 Å². The Morgan fingerprint density at radius 1 is 1.07 bits per heavy atom. The second-order valence-electron chi connectivity index (χ2n) is 6.81. The number of hydrogen-bond acceptors (Lipinski definition) is 6. The van der Waals surface area contributed by atoms with Crippen molar-refractivity contribution in [2.24, 2.45) is 0 Å². The summed E-state index contributed by atoms with van der Waals surface area (Å²) >= 11 is 0. The first kappa shape index (κ1) is 19.2. The zero-order valence-corrected chi connectivity index (χ0v) is 15.8. The number of ether oxygens (including phenoxy) is 1. The molecule has 1 heterocycles. The summed E-state index contributed by atoms with van der Waals surface area (Å²) in [5, 5.41) is 5.69. The summed E-state index contributed by atoms with van der Waals surface area (Å²) in [6.45, 7) is 4.27. The second kappa shape index (κ2) is 9.37. The molecule has 6 nitrogen and oxygen atoms in total. The molecular weight excluding hydrogens is 342 g/mol. The van der Waals surface area contributed by atoms with Gasteiger partial charge in [0.05, 0.1) is 0 Å². The summed E-state index contributed by atoms with van der Waals surface area (Å²) in [4.78, 5) is 25.2. The molecule has 144 valence electrons. The van der Waals surface area contributed by atoms with Gasteiger partial charge < -0.3 is 15.4 Å². The predicted molar refractivity (Wildman–Crippen MR) is 110 cm³/mol. The smallest absolute Gasteiger partial charge is 0.253 e. The fourth-order valence-corrected chi connectivity index (χ4v) is 3.36. The zero-order valence-electron chi connectivity index (χ0n) is 15.8. The summed E-state index contributed by atoms with van der Waals surface area (Å²) < 4.78 is 5.79. The minimum Gasteiger partial charge on any atom is -0.490 e. The van der Waals surface area contributed by atoms with E-state index in [0.717, 1.165) is 12.3 Å². The topological polar surface area (TPSA) is 70.7 Å². The molecule has 0 bridgehead atoms. The van der Waals surface area contributed by atoms with Crippen LogP contribution in [0.15, 0.2) is 46.0 Å². The molecule has 0 aliphatic carbocycles. The molecule has 0 aromatic heterocycles. The number of hydrogen-bond donors (Lipinski definition) is 2. The van der Waals surface area contributed by atoms with E-state index in [1.165, 1.54) is 37.9 Å². The first-order valence-corrected chi connectivity index (χ1v) is 9.53. The first-order valence-electron chi connectivity index (χ1n) is 9.53. The molecule has 2 aromatic carbocycles. The van der Waals surface area contributed by atoms with Gasteiger partial charge in [0.2, 0.25) is 0 Å². The number of anilines is 2. The molecule has 27 heavy (non-hydrogen) atoms. The molecule has 1 aliphatic heterocycles. The summed E-state index contributed by atoms with van der Waals surface area (Å²) in [5.74, 6) is 0.863. The maximum absolute atomic E-state index is 11.4. The molecule has 6 heteroatoms. The van der Waals surface area contributed by atoms with Crippen LogP contribution in [0.5, 0.6) is 5.75 Å². The van der Waals surface area contributed by atoms with Crippen LogP contribution in [0.2, 0.25) is 0 Å². The lowest BCUT2D eigenvalue weighted by Gasteiger charge is -2.26. The van der Waals surface area contributed by atoms with Crippen LogP contribution in [0, 0.1) is 0 Å². The van der Waals surface area contributed by atoms with Crippen molar-refractivity contribution in [3.63, 3.8) is 0 Å². The van der Waals surface area contributed by atoms with Crippen LogP contribution in [-0.2, 0) is 6.54 Å². The highest BCUT2D eigenvalue weighted by Crippen LogP contribution is 2.17. The third-order valence-electron chi connectivity index (χ3n) is 4.82. The van der Waals surface area contributed by atoms with Crippen molar-refractivity contribution in [2.75, 3.05) is 43.9 Å². The predicted octanol–water partition coefficient (Wildman–Crippen LogP) is 2.36. The average Bonchev–Trinajstić information content (AvgIpc) is 2.70. The standard InChI is InChI=1S/C21H27N3O3/c1-22-18-19(21(26)20(18)25)23-10-3-6-13-27-17-9-7-8-16(14-17)15-24-11-4-2-5-12-24/h3,6-9,14,22-23H,2,4-5,10-13,15H2,1H3. The van der Waals surface area contributed by atoms with Crippen LogP contribution in [-0.4, -0.2) is 38.2 Å². The van der Waals surface area contributed by atoms with Gasteiger partial charge in [-0.3, -0.25) is 14.5 Å². The van der Waals surface area contributed by atoms with Gasteiger partial charge in [-0.2, -0.15) is 0 Å². The Bertz CT molecular complexity index is 847. The van der Waals surface area contributed by atoms with Gasteiger partial charge in [0, 0.05) is 20.1 Å². The van der Waals surface area contributed by atoms with Gasteiger partial charge in [-0.05, 0) is 49.7 Å². The van der Waals surface area contributed by atoms with Gasteiger partial charge in [-0.15, -0.1) is 0 Å². The van der Waals surface area contributed by atoms with E-state index in [1.54, 1.807) is 7.05 Å². The lowest BCUT2D eigenvalue weighted by molar-refractivity contribution is 0.220. The Labute approximate surface area is 159 Å². The van der Waals surface area contributed by atoms with Crippen LogP contribution >= 0.6 is 0 Å². The van der Waals surface area contributed by atoms with Crippen molar-refractivity contribution in [3.05, 3.63) is 62.4 Å². The third-order valence-corrected chi connectivity index (χ3v) is 4.82. The Morgan fingerprint density at radius 3 is 2.63 bits per heavy atom. The number of benzene rings is 1. The highest BCUT2D eigenvalue weighted by molar-refractivity contribution is 5.73. The summed E-state index contributed by atoms with van der Waals surface area (Å²) in [7, 11) is 1.63. The van der Waals surface area contributed by atoms with Crippen molar-refractivity contribution in [2.45, 2.75) is 25.8 Å². The van der Waals surface area contributed by atoms with E-state index in [1.807, 2.05) is 24.3 Å². The maximum Gasteiger partial charge on any atom is 0.253 e. The van der Waals surface area contributed by atoms with Crippen molar-refractivity contribution in [1.29, 1.82) is 0 Å². The van der Waals surface area contributed by atoms with E-state index in [4.69, 9.17) is 4.74 Å². The van der Waals surface area contributed by atoms with E-state index < -0.39 is 10.9 Å². The molecule has 2 aromatic rings. The normalized spacial score (nSPS) is 15.3. The molecule has 0 radical (unpaired) electrons. The van der Waals surface area contributed by atoms with Crippen LogP contribution in [0.4, 0.5) is 11.4 Å². The Kier molecular flexibility index (Phi) is 6.65. The minimum absolute atomic E-state index is 0.357. The molecule has 0 saturated carbocycles. The van der Waals surface area contributed by atoms with Gasteiger partial charge in [-0.1, -0.05) is 24.6 Å². The first-order chi connectivity index (χ1) is 13.2. The number of nitrogens with zero attached hydrogens (tertiary/aromatic N) is 1. The lowest BCUT2D eigenvalue weighted by atomic mass is 10.1. The van der Waals surface area contributed by atoms with Crippen molar-refractivity contribution < 1.29 is 4.74 Å². The van der Waals surface area contributed by atoms with Gasteiger partial charge >= 0.3 is 0 Å². The van der Waals surface area contributed by atoms with Gasteiger partial charge in [0.25, 0.3) is 10.9 Å². The molecular formula is C21H27N3O3. The van der Waals surface area contributed by atoms with Gasteiger partial charge in [0.1, 0.15) is 23.7 Å². The molecule has 3 rings (SSSR count). The van der Waals surface area contributed by atoms with E-state index in [9.17, 15) is 9.59 Å². The largest absolute Gasteiger partial charge is 0.490 e. The fraction of sp³-hybridized carbons (Fsp3) is 0.429. The monoisotopic (exact) mass is 369 g/mol. The molecule has 0 atom stereocenters. The minimum atomic E-state index is -0.463. The molecule has 0 spiro atoms. The van der Waals surface area contributed by atoms with E-state index >= 15 is 0 Å². The van der Waals surface area contributed by atoms with Crippen molar-refractivity contribution in [3.8, 4) is 5.75 Å². The van der Waals surface area contributed by atoms with E-state index in [2.05, 4.69) is 27.7 Å². The molecule has 1 aliphatic rings. The highest BCUT2D eigenvalue weighted by Gasteiger charge is 2.18. The summed E-state index contributed by atoms with van der Waals surface area (Å²) in [5.41, 5.74) is 1.07. The molecule has 0 amide bonds. The fourth-order valence-electron chi connectivity index (χ4n) is 3.36. The number of rotatable bonds is 9. The van der Waals surface area contributed by atoms with Gasteiger partial charge in [0.15, 0.2) is 0 Å². The van der Waals surface area contributed by atoms with Crippen LogP contribution in [0.25, 0.3) is 0 Å². The van der Waals surface area contributed by atoms with Crippen LogP contribution in [0.3, 0.4) is 0 Å². The molecule has 1 fully saturated rings. The third kappa shape index (κ3) is 4.98. The van der Waals surface area contributed by atoms with E-state index in [0.29, 0.717) is 24.5 Å². The van der Waals surface area contributed by atoms with Crippen molar-refractivity contribution >= 4 is 11.4 Å². The number of piperidine rings is 1. The molecule has 1 saturated heterocycles. The molecule has 0 unspecified atom stereocenters. The summed E-state index contributed by atoms with van der Waals surface area (Å²) in [6.07, 6.45) is 7.71. The Balaban J connectivity index is 1.41. The molecule has 2 N–H and O–H groups in total. The second-order valence-corrected chi connectivity index (χ2v) is 6.81. The highest BCUT2D eigenvalue weighted by atomic mass is 16.5. The van der Waals surface area contributed by atoms with Crippen LogP contribution < -0.4 is 26.2 Å². The zero-order chi connectivity index (χ0) is 19.1. The van der Waals surface area contributed by atoms with Gasteiger partial charge in [-0.25, -0.2) is 0 Å². The average molecular weight is 369 g/mol. The Hall–Kier alpha value is -2.60. The lowest BCUT2D eigenvalue weighted by Crippen LogP contribution is -2.36. The SMILES string of the molecule is CNc1c(NCC=CCOc2cccc(CN3CCCCC3)c2)c(=O)c1=O. The Morgan fingerprint density at radius 2 is 1.85 bits per heavy atom.